The second kappa shape index (κ2) is 7.42. The Labute approximate surface area is 126 Å². The highest BCUT2D eigenvalue weighted by Crippen LogP contribution is 2.31. The number of ether oxygens (including phenoxy) is 1. The number of fused-ring (bicyclic) bond motifs is 1. The van der Waals surface area contributed by atoms with Crippen molar-refractivity contribution in [2.75, 3.05) is 32.1 Å². The molecule has 0 aliphatic rings. The van der Waals surface area contributed by atoms with Crippen LogP contribution in [0.25, 0.3) is 10.2 Å². The first-order chi connectivity index (χ1) is 9.70. The Bertz CT molecular complexity index is 588. The Morgan fingerprint density at radius 2 is 2.30 bits per heavy atom. The fourth-order valence-corrected chi connectivity index (χ4v) is 2.84. The van der Waals surface area contributed by atoms with E-state index in [2.05, 4.69) is 15.6 Å². The molecule has 0 aliphatic heterocycles. The molecule has 20 heavy (non-hydrogen) atoms. The molecule has 0 saturated heterocycles. The summed E-state index contributed by atoms with van der Waals surface area (Å²) in [5.74, 6) is -0.00584. The van der Waals surface area contributed by atoms with Gasteiger partial charge in [0, 0.05) is 26.6 Å². The van der Waals surface area contributed by atoms with E-state index in [1.54, 1.807) is 7.11 Å². The number of amides is 1. The van der Waals surface area contributed by atoms with Gasteiger partial charge in [-0.1, -0.05) is 29.0 Å². The number of anilines is 1. The van der Waals surface area contributed by atoms with Crippen LogP contribution < -0.4 is 10.6 Å². The number of benzene rings is 1. The molecule has 108 valence electrons. The number of halogens is 1. The van der Waals surface area contributed by atoms with Gasteiger partial charge in [-0.25, -0.2) is 4.98 Å². The predicted molar refractivity (Wildman–Crippen MR) is 82.6 cm³/mol. The van der Waals surface area contributed by atoms with Crippen LogP contribution in [-0.2, 0) is 9.53 Å². The van der Waals surface area contributed by atoms with E-state index in [0.29, 0.717) is 31.1 Å². The van der Waals surface area contributed by atoms with E-state index in [1.165, 1.54) is 11.3 Å². The van der Waals surface area contributed by atoms with Crippen LogP contribution in [0.2, 0.25) is 5.02 Å². The van der Waals surface area contributed by atoms with Gasteiger partial charge in [0.15, 0.2) is 5.13 Å². The lowest BCUT2D eigenvalue weighted by Crippen LogP contribution is -2.28. The number of methoxy groups -OCH3 is 1. The number of hydrogen-bond donors (Lipinski definition) is 2. The van der Waals surface area contributed by atoms with Crippen molar-refractivity contribution in [3.63, 3.8) is 0 Å². The van der Waals surface area contributed by atoms with E-state index in [0.717, 1.165) is 15.3 Å². The summed E-state index contributed by atoms with van der Waals surface area (Å²) in [7, 11) is 1.60. The minimum Gasteiger partial charge on any atom is -0.383 e. The van der Waals surface area contributed by atoms with Gasteiger partial charge in [-0.3, -0.25) is 4.79 Å². The monoisotopic (exact) mass is 313 g/mol. The topological polar surface area (TPSA) is 63.2 Å². The maximum Gasteiger partial charge on any atom is 0.221 e. The Balaban J connectivity index is 1.81. The fraction of sp³-hybridized carbons (Fsp3) is 0.385. The Kier molecular flexibility index (Phi) is 5.58. The van der Waals surface area contributed by atoms with E-state index >= 15 is 0 Å². The summed E-state index contributed by atoms with van der Waals surface area (Å²) in [5.41, 5.74) is 0.870. The number of nitrogens with zero attached hydrogens (tertiary/aromatic N) is 1. The number of aromatic nitrogens is 1. The largest absolute Gasteiger partial charge is 0.383 e. The van der Waals surface area contributed by atoms with Crippen molar-refractivity contribution in [1.82, 2.24) is 10.3 Å². The van der Waals surface area contributed by atoms with E-state index in [-0.39, 0.29) is 5.91 Å². The van der Waals surface area contributed by atoms with Crippen LogP contribution >= 0.6 is 22.9 Å². The molecule has 2 N–H and O–H groups in total. The Morgan fingerprint density at radius 3 is 3.05 bits per heavy atom. The van der Waals surface area contributed by atoms with Gasteiger partial charge in [0.1, 0.15) is 0 Å². The van der Waals surface area contributed by atoms with Crippen LogP contribution in [0.4, 0.5) is 5.13 Å². The van der Waals surface area contributed by atoms with Gasteiger partial charge in [0.2, 0.25) is 5.91 Å². The molecule has 0 saturated carbocycles. The molecule has 1 aromatic carbocycles. The first kappa shape index (κ1) is 15.0. The number of nitrogens with one attached hydrogen (secondary N) is 2. The lowest BCUT2D eigenvalue weighted by molar-refractivity contribution is -0.121. The number of hydrogen-bond acceptors (Lipinski definition) is 5. The molecular formula is C13H16ClN3O2S. The quantitative estimate of drug-likeness (QED) is 0.771. The number of carbonyl (C=O) groups excluding carboxylic acids is 1. The average Bonchev–Trinajstić information content (AvgIpc) is 2.83. The van der Waals surface area contributed by atoms with Gasteiger partial charge in [-0.15, -0.1) is 0 Å². The summed E-state index contributed by atoms with van der Waals surface area (Å²) >= 11 is 7.58. The van der Waals surface area contributed by atoms with Gasteiger partial charge in [0.05, 0.1) is 21.8 Å². The standard InChI is InChI=1S/C13H16ClN3O2S/c1-19-8-7-15-11(18)5-6-16-13-17-10-4-2-3-9(14)12(10)20-13/h2-4H,5-8H2,1H3,(H,15,18)(H,16,17). The van der Waals surface area contributed by atoms with Crippen LogP contribution in [0.1, 0.15) is 6.42 Å². The fourth-order valence-electron chi connectivity index (χ4n) is 1.65. The van der Waals surface area contributed by atoms with Crippen molar-refractivity contribution in [3.8, 4) is 0 Å². The zero-order valence-electron chi connectivity index (χ0n) is 11.1. The van der Waals surface area contributed by atoms with Crippen molar-refractivity contribution in [1.29, 1.82) is 0 Å². The summed E-state index contributed by atoms with van der Waals surface area (Å²) in [4.78, 5) is 15.9. The number of carbonyl (C=O) groups is 1. The second-order valence-electron chi connectivity index (χ2n) is 4.13. The van der Waals surface area contributed by atoms with Gasteiger partial charge in [-0.05, 0) is 12.1 Å². The average molecular weight is 314 g/mol. The van der Waals surface area contributed by atoms with E-state index in [9.17, 15) is 4.79 Å². The number of thiazole rings is 1. The summed E-state index contributed by atoms with van der Waals surface area (Å²) < 4.78 is 5.82. The van der Waals surface area contributed by atoms with Gasteiger partial charge in [-0.2, -0.15) is 0 Å². The van der Waals surface area contributed by atoms with Crippen molar-refractivity contribution in [2.24, 2.45) is 0 Å². The van der Waals surface area contributed by atoms with Gasteiger partial charge in [0.25, 0.3) is 0 Å². The van der Waals surface area contributed by atoms with Crippen LogP contribution in [-0.4, -0.2) is 37.7 Å². The molecule has 7 heteroatoms. The van der Waals surface area contributed by atoms with E-state index in [1.807, 2.05) is 18.2 Å². The van der Waals surface area contributed by atoms with Crippen LogP contribution in [0.3, 0.4) is 0 Å². The number of rotatable bonds is 7. The predicted octanol–water partition coefficient (Wildman–Crippen LogP) is 2.51. The molecule has 0 bridgehead atoms. The van der Waals surface area contributed by atoms with Crippen LogP contribution in [0, 0.1) is 0 Å². The SMILES string of the molecule is COCCNC(=O)CCNc1nc2cccc(Cl)c2s1. The summed E-state index contributed by atoms with van der Waals surface area (Å²) in [5, 5.41) is 7.38. The molecule has 0 atom stereocenters. The molecule has 0 fully saturated rings. The molecule has 2 rings (SSSR count). The Morgan fingerprint density at radius 1 is 1.45 bits per heavy atom. The third-order valence-electron chi connectivity index (χ3n) is 2.62. The molecule has 1 heterocycles. The zero-order chi connectivity index (χ0) is 14.4. The highest BCUT2D eigenvalue weighted by molar-refractivity contribution is 7.22. The van der Waals surface area contributed by atoms with Crippen molar-refractivity contribution in [3.05, 3.63) is 23.2 Å². The Hall–Kier alpha value is -1.37. The smallest absolute Gasteiger partial charge is 0.221 e. The molecule has 1 amide bonds. The van der Waals surface area contributed by atoms with Crippen molar-refractivity contribution < 1.29 is 9.53 Å². The highest BCUT2D eigenvalue weighted by Gasteiger charge is 2.07. The summed E-state index contributed by atoms with van der Waals surface area (Å²) in [6.45, 7) is 1.60. The molecule has 0 spiro atoms. The molecule has 2 aromatic rings. The summed E-state index contributed by atoms with van der Waals surface area (Å²) in [6, 6.07) is 5.63. The lowest BCUT2D eigenvalue weighted by atomic mass is 10.3. The van der Waals surface area contributed by atoms with Gasteiger partial charge >= 0.3 is 0 Å². The normalized spacial score (nSPS) is 10.7. The maximum absolute atomic E-state index is 11.5. The minimum atomic E-state index is -0.00584. The zero-order valence-corrected chi connectivity index (χ0v) is 12.7. The highest BCUT2D eigenvalue weighted by atomic mass is 35.5. The molecule has 0 unspecified atom stereocenters. The minimum absolute atomic E-state index is 0.00584. The van der Waals surface area contributed by atoms with Gasteiger partial charge < -0.3 is 15.4 Å². The molecule has 1 aromatic heterocycles. The maximum atomic E-state index is 11.5. The molecule has 5 nitrogen and oxygen atoms in total. The van der Waals surface area contributed by atoms with E-state index in [4.69, 9.17) is 16.3 Å². The first-order valence-electron chi connectivity index (χ1n) is 6.25. The van der Waals surface area contributed by atoms with E-state index < -0.39 is 0 Å². The van der Waals surface area contributed by atoms with Crippen molar-refractivity contribution in [2.45, 2.75) is 6.42 Å². The van der Waals surface area contributed by atoms with Crippen molar-refractivity contribution >= 4 is 44.2 Å². The third-order valence-corrected chi connectivity index (χ3v) is 4.11. The summed E-state index contributed by atoms with van der Waals surface area (Å²) in [6.07, 6.45) is 0.396. The lowest BCUT2D eigenvalue weighted by Gasteiger charge is -2.04. The van der Waals surface area contributed by atoms with Crippen LogP contribution in [0.5, 0.6) is 0 Å². The first-order valence-corrected chi connectivity index (χ1v) is 7.44. The van der Waals surface area contributed by atoms with Crippen LogP contribution in [0.15, 0.2) is 18.2 Å². The molecular weight excluding hydrogens is 298 g/mol. The third kappa shape index (κ3) is 4.06. The second-order valence-corrected chi connectivity index (χ2v) is 5.53. The molecule has 0 aliphatic carbocycles. The molecule has 0 radical (unpaired) electrons.